The smallest absolute Gasteiger partial charge is 0.264 e. The first-order valence-electron chi connectivity index (χ1n) is 4.13. The first kappa shape index (κ1) is 11.5. The van der Waals surface area contributed by atoms with Gasteiger partial charge in [-0.2, -0.15) is 8.42 Å². The summed E-state index contributed by atoms with van der Waals surface area (Å²) in [7, 11) is -3.91. The van der Waals surface area contributed by atoms with Crippen LogP contribution in [0.25, 0.3) is 0 Å². The number of rotatable bonds is 4. The molecule has 1 unspecified atom stereocenters. The quantitative estimate of drug-likeness (QED) is 0.642. The molecular formula is C9H11ClO3S. The van der Waals surface area contributed by atoms with Gasteiger partial charge < -0.3 is 0 Å². The highest BCUT2D eigenvalue weighted by Crippen LogP contribution is 2.23. The molecule has 0 fully saturated rings. The molecule has 0 aliphatic heterocycles. The zero-order chi connectivity index (χ0) is 10.6. The first-order chi connectivity index (χ1) is 6.49. The average molecular weight is 235 g/mol. The van der Waals surface area contributed by atoms with Gasteiger partial charge in [0.05, 0.1) is 11.1 Å². The monoisotopic (exact) mass is 234 g/mol. The summed E-state index contributed by atoms with van der Waals surface area (Å²) in [5.74, 6) is -0.309. The fourth-order valence-electron chi connectivity index (χ4n) is 1.08. The summed E-state index contributed by atoms with van der Waals surface area (Å²) < 4.78 is 29.5. The normalized spacial score (nSPS) is 13.9. The Kier molecular flexibility index (Phi) is 3.92. The molecule has 1 atom stereocenters. The van der Waals surface area contributed by atoms with E-state index < -0.39 is 10.1 Å². The van der Waals surface area contributed by atoms with Crippen molar-refractivity contribution in [3.8, 4) is 0 Å². The van der Waals surface area contributed by atoms with Crippen LogP contribution in [0, 0.1) is 0 Å². The van der Waals surface area contributed by atoms with Crippen LogP contribution in [-0.2, 0) is 10.1 Å². The molecule has 0 spiro atoms. The second-order valence-corrected chi connectivity index (χ2v) is 5.05. The first-order valence-corrected chi connectivity index (χ1v) is 6.18. The minimum atomic E-state index is -3.91. The third-order valence-corrected chi connectivity index (χ3v) is 3.01. The van der Waals surface area contributed by atoms with Crippen LogP contribution in [0.4, 0.5) is 0 Å². The second-order valence-electron chi connectivity index (χ2n) is 2.95. The van der Waals surface area contributed by atoms with Crippen LogP contribution in [0.3, 0.4) is 0 Å². The summed E-state index contributed by atoms with van der Waals surface area (Å²) in [5.41, 5.74) is 0.859. The molecule has 14 heavy (non-hydrogen) atoms. The van der Waals surface area contributed by atoms with Gasteiger partial charge in [-0.3, -0.25) is 4.55 Å². The van der Waals surface area contributed by atoms with Crippen LogP contribution in [0.15, 0.2) is 30.3 Å². The molecule has 1 aromatic carbocycles. The highest BCUT2D eigenvalue weighted by atomic mass is 35.5. The van der Waals surface area contributed by atoms with Crippen molar-refractivity contribution >= 4 is 21.7 Å². The van der Waals surface area contributed by atoms with Gasteiger partial charge in [-0.05, 0) is 12.0 Å². The lowest BCUT2D eigenvalue weighted by Gasteiger charge is -2.07. The fraction of sp³-hybridized carbons (Fsp3) is 0.333. The maximum absolute atomic E-state index is 10.5. The van der Waals surface area contributed by atoms with Crippen molar-refractivity contribution in [3.05, 3.63) is 35.9 Å². The van der Waals surface area contributed by atoms with E-state index >= 15 is 0 Å². The van der Waals surface area contributed by atoms with E-state index in [1.54, 1.807) is 0 Å². The molecule has 0 aromatic heterocycles. The third-order valence-electron chi connectivity index (χ3n) is 1.79. The lowest BCUT2D eigenvalue weighted by atomic mass is 10.1. The van der Waals surface area contributed by atoms with Crippen molar-refractivity contribution in [1.29, 1.82) is 0 Å². The van der Waals surface area contributed by atoms with Gasteiger partial charge in [-0.1, -0.05) is 30.3 Å². The Bertz CT molecular complexity index is 374. The van der Waals surface area contributed by atoms with E-state index in [1.165, 1.54) is 0 Å². The van der Waals surface area contributed by atoms with Crippen LogP contribution in [0.2, 0.25) is 0 Å². The number of hydrogen-bond acceptors (Lipinski definition) is 2. The second kappa shape index (κ2) is 4.77. The van der Waals surface area contributed by atoms with Gasteiger partial charge in [0.1, 0.15) is 0 Å². The lowest BCUT2D eigenvalue weighted by Crippen LogP contribution is -2.06. The van der Waals surface area contributed by atoms with Gasteiger partial charge in [0.25, 0.3) is 10.1 Å². The number of halogens is 1. The van der Waals surface area contributed by atoms with Gasteiger partial charge >= 0.3 is 0 Å². The Morgan fingerprint density at radius 1 is 1.29 bits per heavy atom. The zero-order valence-corrected chi connectivity index (χ0v) is 9.00. The van der Waals surface area contributed by atoms with Crippen molar-refractivity contribution in [2.45, 2.75) is 11.8 Å². The Balaban J connectivity index is 2.56. The van der Waals surface area contributed by atoms with Crippen LogP contribution in [-0.4, -0.2) is 18.7 Å². The van der Waals surface area contributed by atoms with E-state index in [9.17, 15) is 8.42 Å². The molecule has 0 saturated carbocycles. The standard InChI is InChI=1S/C9H11ClO3S/c10-9(6-7-14(11,12)13)8-4-2-1-3-5-8/h1-5,9H,6-7H2,(H,11,12,13). The highest BCUT2D eigenvalue weighted by Gasteiger charge is 2.12. The number of benzene rings is 1. The Hall–Kier alpha value is -0.580. The predicted molar refractivity (Wildman–Crippen MR) is 56.1 cm³/mol. The fourth-order valence-corrected chi connectivity index (χ4v) is 2.00. The molecule has 0 amide bonds. The van der Waals surface area contributed by atoms with Gasteiger partial charge in [0.15, 0.2) is 0 Å². The molecule has 0 aliphatic rings. The summed E-state index contributed by atoms with van der Waals surface area (Å²) in [5, 5.41) is -0.377. The molecule has 0 heterocycles. The van der Waals surface area contributed by atoms with Crippen molar-refractivity contribution in [1.82, 2.24) is 0 Å². The van der Waals surface area contributed by atoms with E-state index in [2.05, 4.69) is 0 Å². The van der Waals surface area contributed by atoms with Crippen molar-refractivity contribution in [3.63, 3.8) is 0 Å². The molecule has 78 valence electrons. The lowest BCUT2D eigenvalue weighted by molar-refractivity contribution is 0.480. The van der Waals surface area contributed by atoms with Crippen molar-refractivity contribution < 1.29 is 13.0 Å². The SMILES string of the molecule is O=S(=O)(O)CCC(Cl)c1ccccc1. The van der Waals surface area contributed by atoms with Crippen LogP contribution < -0.4 is 0 Å². The Morgan fingerprint density at radius 2 is 1.86 bits per heavy atom. The van der Waals surface area contributed by atoms with Crippen molar-refractivity contribution in [2.24, 2.45) is 0 Å². The molecule has 1 N–H and O–H groups in total. The molecule has 0 saturated heterocycles. The topological polar surface area (TPSA) is 54.4 Å². The number of alkyl halides is 1. The molecule has 5 heteroatoms. The summed E-state index contributed by atoms with van der Waals surface area (Å²) in [6.07, 6.45) is 0.213. The zero-order valence-electron chi connectivity index (χ0n) is 7.43. The third kappa shape index (κ3) is 4.09. The van der Waals surface area contributed by atoms with Crippen LogP contribution >= 0.6 is 11.6 Å². The Morgan fingerprint density at radius 3 is 2.36 bits per heavy atom. The maximum Gasteiger partial charge on any atom is 0.264 e. The van der Waals surface area contributed by atoms with Crippen LogP contribution in [0.5, 0.6) is 0 Å². The molecule has 1 aromatic rings. The minimum Gasteiger partial charge on any atom is -0.286 e. The highest BCUT2D eigenvalue weighted by molar-refractivity contribution is 7.85. The molecule has 0 bridgehead atoms. The minimum absolute atomic E-state index is 0.213. The molecule has 0 aliphatic carbocycles. The van der Waals surface area contributed by atoms with E-state index in [0.29, 0.717) is 0 Å². The molecule has 0 radical (unpaired) electrons. The average Bonchev–Trinajstić information content (AvgIpc) is 2.14. The van der Waals surface area contributed by atoms with Gasteiger partial charge in [-0.25, -0.2) is 0 Å². The number of hydrogen-bond donors (Lipinski definition) is 1. The molecular weight excluding hydrogens is 224 g/mol. The van der Waals surface area contributed by atoms with Gasteiger partial charge in [0.2, 0.25) is 0 Å². The van der Waals surface area contributed by atoms with E-state index in [1.807, 2.05) is 30.3 Å². The van der Waals surface area contributed by atoms with E-state index in [-0.39, 0.29) is 17.6 Å². The van der Waals surface area contributed by atoms with Crippen LogP contribution in [0.1, 0.15) is 17.4 Å². The summed E-state index contributed by atoms with van der Waals surface area (Å²) in [4.78, 5) is 0. The van der Waals surface area contributed by atoms with E-state index in [0.717, 1.165) is 5.56 Å². The summed E-state index contributed by atoms with van der Waals surface area (Å²) in [6, 6.07) is 9.16. The van der Waals surface area contributed by atoms with Crippen molar-refractivity contribution in [2.75, 3.05) is 5.75 Å². The summed E-state index contributed by atoms with van der Waals surface area (Å²) in [6.45, 7) is 0. The maximum atomic E-state index is 10.5. The summed E-state index contributed by atoms with van der Waals surface area (Å²) >= 11 is 5.94. The predicted octanol–water partition coefficient (Wildman–Crippen LogP) is 2.24. The largest absolute Gasteiger partial charge is 0.286 e. The van der Waals surface area contributed by atoms with Gasteiger partial charge in [-0.15, -0.1) is 11.6 Å². The van der Waals surface area contributed by atoms with E-state index in [4.69, 9.17) is 16.2 Å². The molecule has 3 nitrogen and oxygen atoms in total. The molecule has 1 rings (SSSR count). The van der Waals surface area contributed by atoms with Gasteiger partial charge in [0, 0.05) is 0 Å². The Labute approximate surface area is 88.5 Å².